The summed E-state index contributed by atoms with van der Waals surface area (Å²) < 4.78 is 0. The van der Waals surface area contributed by atoms with E-state index in [1.54, 1.807) is 0 Å². The number of piperazine rings is 1. The molecule has 0 radical (unpaired) electrons. The van der Waals surface area contributed by atoms with Crippen LogP contribution in [0.1, 0.15) is 39.0 Å². The van der Waals surface area contributed by atoms with Crippen molar-refractivity contribution < 1.29 is 9.59 Å². The van der Waals surface area contributed by atoms with Crippen LogP contribution in [0.15, 0.2) is 0 Å². The van der Waals surface area contributed by atoms with Crippen LogP contribution in [0.25, 0.3) is 0 Å². The van der Waals surface area contributed by atoms with Gasteiger partial charge in [-0.3, -0.25) is 14.9 Å². The first-order chi connectivity index (χ1) is 8.59. The molecule has 5 heteroatoms. The molecule has 1 aliphatic carbocycles. The van der Waals surface area contributed by atoms with E-state index in [9.17, 15) is 9.59 Å². The Morgan fingerprint density at radius 2 is 2.11 bits per heavy atom. The highest BCUT2D eigenvalue weighted by atomic mass is 16.2. The lowest BCUT2D eigenvalue weighted by Gasteiger charge is -2.34. The summed E-state index contributed by atoms with van der Waals surface area (Å²) in [7, 11) is 0. The Hall–Kier alpha value is -1.10. The molecule has 0 spiro atoms. The van der Waals surface area contributed by atoms with Crippen molar-refractivity contribution in [3.05, 3.63) is 0 Å². The van der Waals surface area contributed by atoms with E-state index < -0.39 is 0 Å². The Bertz CT molecular complexity index is 314. The molecule has 3 N–H and O–H groups in total. The fraction of sp³-hybridized carbons (Fsp3) is 0.846. The Kier molecular flexibility index (Phi) is 4.22. The topological polar surface area (TPSA) is 70.2 Å². The minimum absolute atomic E-state index is 0.00167. The van der Waals surface area contributed by atoms with Crippen LogP contribution in [0, 0.1) is 5.41 Å². The highest BCUT2D eigenvalue weighted by Gasteiger charge is 2.29. The maximum absolute atomic E-state index is 12.0. The zero-order valence-corrected chi connectivity index (χ0v) is 11.1. The lowest BCUT2D eigenvalue weighted by Crippen LogP contribution is -2.58. The van der Waals surface area contributed by atoms with Gasteiger partial charge in [-0.15, -0.1) is 0 Å². The van der Waals surface area contributed by atoms with Gasteiger partial charge in [0.15, 0.2) is 0 Å². The SMILES string of the molecule is CC1(CNC(=O)C2CNC(=O)CN2)CCCCC1. The molecular weight excluding hydrogens is 230 g/mol. The Balaban J connectivity index is 1.75. The lowest BCUT2D eigenvalue weighted by atomic mass is 9.76. The van der Waals surface area contributed by atoms with Crippen LogP contribution in [-0.4, -0.2) is 37.5 Å². The molecule has 0 aromatic rings. The fourth-order valence-corrected chi connectivity index (χ4v) is 2.76. The summed E-state index contributed by atoms with van der Waals surface area (Å²) in [5.74, 6) is -0.0416. The van der Waals surface area contributed by atoms with Crippen molar-refractivity contribution in [3.63, 3.8) is 0 Å². The van der Waals surface area contributed by atoms with Gasteiger partial charge in [-0.25, -0.2) is 0 Å². The van der Waals surface area contributed by atoms with E-state index >= 15 is 0 Å². The lowest BCUT2D eigenvalue weighted by molar-refractivity contribution is -0.127. The van der Waals surface area contributed by atoms with E-state index in [1.165, 1.54) is 32.1 Å². The van der Waals surface area contributed by atoms with Crippen LogP contribution in [0.4, 0.5) is 0 Å². The molecule has 0 aromatic heterocycles. The number of rotatable bonds is 3. The molecule has 2 amide bonds. The zero-order valence-electron chi connectivity index (χ0n) is 11.1. The number of nitrogens with one attached hydrogen (secondary N) is 3. The molecule has 18 heavy (non-hydrogen) atoms. The monoisotopic (exact) mass is 253 g/mol. The van der Waals surface area contributed by atoms with Gasteiger partial charge in [-0.05, 0) is 18.3 Å². The van der Waals surface area contributed by atoms with Crippen LogP contribution in [-0.2, 0) is 9.59 Å². The molecule has 0 bridgehead atoms. The van der Waals surface area contributed by atoms with E-state index in [4.69, 9.17) is 0 Å². The van der Waals surface area contributed by atoms with E-state index in [-0.39, 0.29) is 29.8 Å². The number of carbonyl (C=O) groups is 2. The first kappa shape index (κ1) is 13.3. The second-order valence-electron chi connectivity index (χ2n) is 5.83. The molecule has 2 rings (SSSR count). The fourth-order valence-electron chi connectivity index (χ4n) is 2.76. The minimum Gasteiger partial charge on any atom is -0.354 e. The smallest absolute Gasteiger partial charge is 0.238 e. The number of amides is 2. The van der Waals surface area contributed by atoms with Crippen LogP contribution in [0.3, 0.4) is 0 Å². The first-order valence-corrected chi connectivity index (χ1v) is 6.87. The summed E-state index contributed by atoms with van der Waals surface area (Å²) in [6.07, 6.45) is 6.25. The average molecular weight is 253 g/mol. The van der Waals surface area contributed by atoms with Gasteiger partial charge in [-0.1, -0.05) is 26.2 Å². The van der Waals surface area contributed by atoms with Crippen molar-refractivity contribution in [2.24, 2.45) is 5.41 Å². The molecular formula is C13H23N3O2. The summed E-state index contributed by atoms with van der Waals surface area (Å²) in [5, 5.41) is 8.67. The van der Waals surface area contributed by atoms with E-state index in [0.29, 0.717) is 6.54 Å². The largest absolute Gasteiger partial charge is 0.354 e. The van der Waals surface area contributed by atoms with E-state index in [0.717, 1.165) is 6.54 Å². The second kappa shape index (κ2) is 5.69. The molecule has 1 saturated carbocycles. The molecule has 1 aliphatic heterocycles. The van der Waals surface area contributed by atoms with E-state index in [1.807, 2.05) is 0 Å². The molecule has 5 nitrogen and oxygen atoms in total. The summed E-state index contributed by atoms with van der Waals surface area (Å²) in [6.45, 7) is 3.62. The summed E-state index contributed by atoms with van der Waals surface area (Å²) in [4.78, 5) is 22.9. The van der Waals surface area contributed by atoms with Crippen molar-refractivity contribution in [1.29, 1.82) is 0 Å². The zero-order chi connectivity index (χ0) is 13.0. The van der Waals surface area contributed by atoms with E-state index in [2.05, 4.69) is 22.9 Å². The Labute approximate surface area is 108 Å². The van der Waals surface area contributed by atoms with Gasteiger partial charge in [0.05, 0.1) is 6.54 Å². The third-order valence-corrected chi connectivity index (χ3v) is 4.08. The summed E-state index contributed by atoms with van der Waals surface area (Å²) in [5.41, 5.74) is 0.256. The Morgan fingerprint density at radius 1 is 1.39 bits per heavy atom. The van der Waals surface area contributed by atoms with Crippen molar-refractivity contribution in [3.8, 4) is 0 Å². The van der Waals surface area contributed by atoms with Crippen molar-refractivity contribution in [2.75, 3.05) is 19.6 Å². The van der Waals surface area contributed by atoms with Gasteiger partial charge in [0.2, 0.25) is 11.8 Å². The van der Waals surface area contributed by atoms with Gasteiger partial charge >= 0.3 is 0 Å². The molecule has 2 aliphatic rings. The summed E-state index contributed by atoms with van der Waals surface area (Å²) >= 11 is 0. The van der Waals surface area contributed by atoms with Crippen molar-refractivity contribution in [2.45, 2.75) is 45.1 Å². The first-order valence-electron chi connectivity index (χ1n) is 6.87. The predicted octanol–water partition coefficient (Wildman–Crippen LogP) is 0.161. The minimum atomic E-state index is -0.283. The van der Waals surface area contributed by atoms with Crippen LogP contribution in [0.2, 0.25) is 0 Å². The highest BCUT2D eigenvalue weighted by molar-refractivity contribution is 5.86. The quantitative estimate of drug-likeness (QED) is 0.671. The molecule has 1 heterocycles. The van der Waals surface area contributed by atoms with Gasteiger partial charge < -0.3 is 10.6 Å². The molecule has 1 atom stereocenters. The number of hydrogen-bond acceptors (Lipinski definition) is 3. The van der Waals surface area contributed by atoms with Gasteiger partial charge in [0, 0.05) is 13.1 Å². The number of carbonyl (C=O) groups excluding carboxylic acids is 2. The third kappa shape index (κ3) is 3.45. The molecule has 102 valence electrons. The number of hydrogen-bond donors (Lipinski definition) is 3. The van der Waals surface area contributed by atoms with Crippen LogP contribution in [0.5, 0.6) is 0 Å². The molecule has 1 unspecified atom stereocenters. The van der Waals surface area contributed by atoms with Crippen molar-refractivity contribution >= 4 is 11.8 Å². The molecule has 2 fully saturated rings. The highest BCUT2D eigenvalue weighted by Crippen LogP contribution is 2.34. The Morgan fingerprint density at radius 3 is 2.72 bits per heavy atom. The predicted molar refractivity (Wildman–Crippen MR) is 69.0 cm³/mol. The molecule has 0 aromatic carbocycles. The standard InChI is InChI=1S/C13H23N3O2/c1-13(5-3-2-4-6-13)9-16-12(18)10-7-15-11(17)8-14-10/h10,14H,2-9H2,1H3,(H,15,17)(H,16,18). The average Bonchev–Trinajstić information content (AvgIpc) is 2.38. The van der Waals surface area contributed by atoms with Gasteiger partial charge in [-0.2, -0.15) is 0 Å². The molecule has 1 saturated heterocycles. The maximum atomic E-state index is 12.0. The van der Waals surface area contributed by atoms with Gasteiger partial charge in [0.25, 0.3) is 0 Å². The normalized spacial score (nSPS) is 27.4. The summed E-state index contributed by atoms with van der Waals surface area (Å²) in [6, 6.07) is -0.283. The van der Waals surface area contributed by atoms with Crippen LogP contribution >= 0.6 is 0 Å². The van der Waals surface area contributed by atoms with Crippen LogP contribution < -0.4 is 16.0 Å². The third-order valence-electron chi connectivity index (χ3n) is 4.08. The van der Waals surface area contributed by atoms with Gasteiger partial charge in [0.1, 0.15) is 6.04 Å². The second-order valence-corrected chi connectivity index (χ2v) is 5.83. The van der Waals surface area contributed by atoms with Crippen molar-refractivity contribution in [1.82, 2.24) is 16.0 Å². The maximum Gasteiger partial charge on any atom is 0.238 e.